The second kappa shape index (κ2) is 4.07. The molecule has 1 heterocycles. The number of ether oxygens (including phenoxy) is 1. The normalized spacial score (nSPS) is 10.5. The molecule has 0 atom stereocenters. The summed E-state index contributed by atoms with van der Waals surface area (Å²) in [5.41, 5.74) is 1.04. The van der Waals surface area contributed by atoms with Gasteiger partial charge in [0.2, 0.25) is 0 Å². The van der Waals surface area contributed by atoms with Gasteiger partial charge < -0.3 is 4.74 Å². The first-order valence-corrected chi connectivity index (χ1v) is 4.41. The van der Waals surface area contributed by atoms with Gasteiger partial charge in [0.05, 0.1) is 7.11 Å². The van der Waals surface area contributed by atoms with Gasteiger partial charge in [-0.2, -0.15) is 0 Å². The van der Waals surface area contributed by atoms with Crippen molar-refractivity contribution < 1.29 is 9.53 Å². The number of thiophene rings is 1. The third kappa shape index (κ3) is 2.51. The summed E-state index contributed by atoms with van der Waals surface area (Å²) in [6.45, 7) is 2.03. The first-order chi connectivity index (χ1) is 5.72. The van der Waals surface area contributed by atoms with Gasteiger partial charge in [-0.15, -0.1) is 11.3 Å². The van der Waals surface area contributed by atoms with Gasteiger partial charge in [0.15, 0.2) is 0 Å². The van der Waals surface area contributed by atoms with Crippen LogP contribution in [-0.4, -0.2) is 13.1 Å². The summed E-state index contributed by atoms with van der Waals surface area (Å²) in [6, 6.07) is 2.02. The van der Waals surface area contributed by atoms with Crippen molar-refractivity contribution in [1.29, 1.82) is 0 Å². The fourth-order valence-electron chi connectivity index (χ4n) is 0.783. The van der Waals surface area contributed by atoms with Gasteiger partial charge in [0.25, 0.3) is 0 Å². The van der Waals surface area contributed by atoms with Crippen molar-refractivity contribution in [1.82, 2.24) is 0 Å². The van der Waals surface area contributed by atoms with Crippen molar-refractivity contribution in [3.63, 3.8) is 0 Å². The van der Waals surface area contributed by atoms with E-state index in [1.807, 2.05) is 18.4 Å². The van der Waals surface area contributed by atoms with Crippen molar-refractivity contribution in [2.75, 3.05) is 7.11 Å². The minimum absolute atomic E-state index is 0.321. The highest BCUT2D eigenvalue weighted by atomic mass is 32.1. The van der Waals surface area contributed by atoms with Gasteiger partial charge in [0.1, 0.15) is 0 Å². The van der Waals surface area contributed by atoms with Crippen LogP contribution >= 0.6 is 11.3 Å². The largest absolute Gasteiger partial charge is 0.466 e. The molecule has 1 aromatic heterocycles. The molecule has 0 spiro atoms. The Morgan fingerprint density at radius 1 is 1.67 bits per heavy atom. The van der Waals surface area contributed by atoms with Gasteiger partial charge in [-0.05, 0) is 30.0 Å². The Balaban J connectivity index is 2.63. The molecule has 0 aliphatic carbocycles. The van der Waals surface area contributed by atoms with E-state index in [2.05, 4.69) is 4.74 Å². The smallest absolute Gasteiger partial charge is 0.330 e. The van der Waals surface area contributed by atoms with Crippen LogP contribution in [0.5, 0.6) is 0 Å². The maximum atomic E-state index is 10.7. The monoisotopic (exact) mass is 182 g/mol. The molecule has 2 nitrogen and oxygen atoms in total. The molecule has 0 bridgehead atoms. The molecule has 0 amide bonds. The van der Waals surface area contributed by atoms with E-state index in [1.54, 1.807) is 17.4 Å². The van der Waals surface area contributed by atoms with Crippen LogP contribution in [0, 0.1) is 6.92 Å². The number of carbonyl (C=O) groups is 1. The molecule has 0 radical (unpaired) electrons. The summed E-state index contributed by atoms with van der Waals surface area (Å²) in [7, 11) is 1.37. The van der Waals surface area contributed by atoms with Gasteiger partial charge >= 0.3 is 5.97 Å². The molecule has 1 aromatic rings. The minimum atomic E-state index is -0.321. The molecule has 0 aromatic carbocycles. The predicted octanol–water partition coefficient (Wildman–Crippen LogP) is 2.24. The Morgan fingerprint density at radius 2 is 2.42 bits per heavy atom. The van der Waals surface area contributed by atoms with Gasteiger partial charge in [-0.25, -0.2) is 4.79 Å². The van der Waals surface area contributed by atoms with E-state index in [0.29, 0.717) is 0 Å². The van der Waals surface area contributed by atoms with E-state index in [-0.39, 0.29) is 5.97 Å². The SMILES string of the molecule is COC(=O)C=Cc1csc(C)c1. The molecule has 1 rings (SSSR count). The molecule has 0 saturated carbocycles. The maximum Gasteiger partial charge on any atom is 0.330 e. The average Bonchev–Trinajstić information content (AvgIpc) is 2.47. The Morgan fingerprint density at radius 3 is 2.92 bits per heavy atom. The second-order valence-corrected chi connectivity index (χ2v) is 3.46. The molecule has 0 aliphatic rings. The highest BCUT2D eigenvalue weighted by molar-refractivity contribution is 7.10. The lowest BCUT2D eigenvalue weighted by molar-refractivity contribution is -0.134. The summed E-state index contributed by atoms with van der Waals surface area (Å²) >= 11 is 1.66. The topological polar surface area (TPSA) is 26.3 Å². The Bertz CT molecular complexity index is 299. The first-order valence-electron chi connectivity index (χ1n) is 3.53. The third-order valence-electron chi connectivity index (χ3n) is 1.36. The van der Waals surface area contributed by atoms with Crippen molar-refractivity contribution in [3.8, 4) is 0 Å². The summed E-state index contributed by atoms with van der Waals surface area (Å²) in [5.74, 6) is -0.321. The fourth-order valence-corrected chi connectivity index (χ4v) is 1.46. The number of aryl methyl sites for hydroxylation is 1. The number of hydrogen-bond donors (Lipinski definition) is 0. The maximum absolute atomic E-state index is 10.7. The summed E-state index contributed by atoms with van der Waals surface area (Å²) in [5, 5.41) is 1.99. The van der Waals surface area contributed by atoms with E-state index >= 15 is 0 Å². The van der Waals surface area contributed by atoms with Crippen LogP contribution in [0.4, 0.5) is 0 Å². The Labute approximate surface area is 75.5 Å². The Hall–Kier alpha value is -1.09. The number of rotatable bonds is 2. The van der Waals surface area contributed by atoms with Crippen LogP contribution in [0.3, 0.4) is 0 Å². The number of esters is 1. The van der Waals surface area contributed by atoms with Crippen molar-refractivity contribution in [2.24, 2.45) is 0 Å². The van der Waals surface area contributed by atoms with Gasteiger partial charge in [-0.1, -0.05) is 0 Å². The van der Waals surface area contributed by atoms with Gasteiger partial charge in [0, 0.05) is 11.0 Å². The lowest BCUT2D eigenvalue weighted by Gasteiger charge is -1.87. The van der Waals surface area contributed by atoms with E-state index in [4.69, 9.17) is 0 Å². The number of hydrogen-bond acceptors (Lipinski definition) is 3. The number of carbonyl (C=O) groups excluding carboxylic acids is 1. The third-order valence-corrected chi connectivity index (χ3v) is 2.24. The molecular weight excluding hydrogens is 172 g/mol. The van der Waals surface area contributed by atoms with Crippen LogP contribution in [-0.2, 0) is 9.53 Å². The average molecular weight is 182 g/mol. The molecular formula is C9H10O2S. The molecule has 12 heavy (non-hydrogen) atoms. The summed E-state index contributed by atoms with van der Waals surface area (Å²) < 4.78 is 4.46. The highest BCUT2D eigenvalue weighted by Gasteiger charge is 1.93. The van der Waals surface area contributed by atoms with E-state index in [0.717, 1.165) is 5.56 Å². The van der Waals surface area contributed by atoms with E-state index in [1.165, 1.54) is 18.1 Å². The number of methoxy groups -OCH3 is 1. The first kappa shape index (κ1) is 9.00. The predicted molar refractivity (Wildman–Crippen MR) is 50.1 cm³/mol. The minimum Gasteiger partial charge on any atom is -0.466 e. The fraction of sp³-hybridized carbons (Fsp3) is 0.222. The molecule has 0 N–H and O–H groups in total. The van der Waals surface area contributed by atoms with Crippen molar-refractivity contribution in [2.45, 2.75) is 6.92 Å². The quantitative estimate of drug-likeness (QED) is 0.518. The molecule has 0 aliphatic heterocycles. The van der Waals surface area contributed by atoms with Crippen molar-refractivity contribution >= 4 is 23.4 Å². The van der Waals surface area contributed by atoms with Crippen LogP contribution in [0.1, 0.15) is 10.4 Å². The highest BCUT2D eigenvalue weighted by Crippen LogP contribution is 2.14. The van der Waals surface area contributed by atoms with Crippen LogP contribution in [0.15, 0.2) is 17.5 Å². The van der Waals surface area contributed by atoms with Gasteiger partial charge in [-0.3, -0.25) is 0 Å². The van der Waals surface area contributed by atoms with Crippen molar-refractivity contribution in [3.05, 3.63) is 28.0 Å². The zero-order valence-electron chi connectivity index (χ0n) is 7.03. The zero-order chi connectivity index (χ0) is 8.97. The molecule has 0 fully saturated rings. The molecule has 0 unspecified atom stereocenters. The van der Waals surface area contributed by atoms with Crippen LogP contribution in [0.2, 0.25) is 0 Å². The van der Waals surface area contributed by atoms with Crippen LogP contribution < -0.4 is 0 Å². The molecule has 3 heteroatoms. The molecule has 0 saturated heterocycles. The summed E-state index contributed by atoms with van der Waals surface area (Å²) in [6.07, 6.45) is 3.16. The summed E-state index contributed by atoms with van der Waals surface area (Å²) in [4.78, 5) is 11.9. The Kier molecular flexibility index (Phi) is 3.05. The standard InChI is InChI=1S/C9H10O2S/c1-7-5-8(6-12-7)3-4-9(10)11-2/h3-6H,1-2H3. The van der Waals surface area contributed by atoms with E-state index < -0.39 is 0 Å². The van der Waals surface area contributed by atoms with Crippen LogP contribution in [0.25, 0.3) is 6.08 Å². The zero-order valence-corrected chi connectivity index (χ0v) is 7.85. The lowest BCUT2D eigenvalue weighted by atomic mass is 10.3. The second-order valence-electron chi connectivity index (χ2n) is 2.35. The lowest BCUT2D eigenvalue weighted by Crippen LogP contribution is -1.92. The molecule has 64 valence electrons. The van der Waals surface area contributed by atoms with E-state index in [9.17, 15) is 4.79 Å².